The summed E-state index contributed by atoms with van der Waals surface area (Å²) in [6, 6.07) is 3.26. The summed E-state index contributed by atoms with van der Waals surface area (Å²) in [5.74, 6) is -3.74. The highest BCUT2D eigenvalue weighted by Crippen LogP contribution is 2.15. The van der Waals surface area contributed by atoms with Crippen molar-refractivity contribution in [1.29, 1.82) is 0 Å². The third-order valence-electron chi connectivity index (χ3n) is 1.97. The van der Waals surface area contributed by atoms with E-state index in [1.54, 1.807) is 0 Å². The van der Waals surface area contributed by atoms with Crippen LogP contribution >= 0.6 is 0 Å². The van der Waals surface area contributed by atoms with Crippen LogP contribution in [0.15, 0.2) is 18.2 Å². The number of rotatable bonds is 4. The number of esters is 1. The summed E-state index contributed by atoms with van der Waals surface area (Å²) in [6.07, 6.45) is -0.717. The van der Waals surface area contributed by atoms with Gasteiger partial charge in [-0.1, -0.05) is 0 Å². The lowest BCUT2D eigenvalue weighted by Crippen LogP contribution is -2.16. The number of nitrogens with one attached hydrogen (secondary N) is 1. The number of hydrogen-bond donors (Lipinski definition) is 2. The molecule has 96 valence electrons. The molecule has 0 aliphatic rings. The molecule has 0 aromatic heterocycles. The Hall–Kier alpha value is -2.44. The molecule has 6 nitrogen and oxygen atoms in total. The molecule has 0 saturated heterocycles. The van der Waals surface area contributed by atoms with Gasteiger partial charge in [0.05, 0.1) is 12.7 Å². The van der Waals surface area contributed by atoms with Crippen molar-refractivity contribution in [3.63, 3.8) is 0 Å². The summed E-state index contributed by atoms with van der Waals surface area (Å²) in [5, 5.41) is 10.6. The summed E-state index contributed by atoms with van der Waals surface area (Å²) in [4.78, 5) is 32.6. The number of carbonyl (C=O) groups excluding carboxylic acids is 2. The minimum atomic E-state index is -1.29. The Kier molecular flexibility index (Phi) is 4.36. The number of anilines is 1. The van der Waals surface area contributed by atoms with E-state index in [1.165, 1.54) is 6.07 Å². The standard InChI is InChI=1S/C11H10FNO5/c1-18-11(17)7-4-6(2-3-8(7)12)13-9(14)5-10(15)16/h2-4H,5H2,1H3,(H,13,14)(H,15,16). The summed E-state index contributed by atoms with van der Waals surface area (Å²) in [6.45, 7) is 0. The predicted octanol–water partition coefficient (Wildman–Crippen LogP) is 1.03. The molecule has 0 radical (unpaired) electrons. The molecule has 1 amide bonds. The quantitative estimate of drug-likeness (QED) is 0.619. The van der Waals surface area contributed by atoms with Crippen molar-refractivity contribution in [3.8, 4) is 0 Å². The molecule has 0 fully saturated rings. The maximum atomic E-state index is 13.2. The Bertz CT molecular complexity index is 500. The van der Waals surface area contributed by atoms with Crippen LogP contribution in [0, 0.1) is 5.82 Å². The van der Waals surface area contributed by atoms with Gasteiger partial charge in [-0.05, 0) is 18.2 Å². The predicted molar refractivity (Wildman–Crippen MR) is 58.6 cm³/mol. The first-order valence-electron chi connectivity index (χ1n) is 4.83. The summed E-state index contributed by atoms with van der Waals surface area (Å²) in [5.41, 5.74) is -0.228. The van der Waals surface area contributed by atoms with Crippen LogP contribution in [-0.4, -0.2) is 30.1 Å². The van der Waals surface area contributed by atoms with Gasteiger partial charge in [-0.3, -0.25) is 9.59 Å². The molecule has 0 heterocycles. The maximum absolute atomic E-state index is 13.2. The Morgan fingerprint density at radius 3 is 2.61 bits per heavy atom. The second kappa shape index (κ2) is 5.76. The number of methoxy groups -OCH3 is 1. The van der Waals surface area contributed by atoms with Crippen LogP contribution < -0.4 is 5.32 Å². The van der Waals surface area contributed by atoms with Gasteiger partial charge < -0.3 is 15.2 Å². The molecular formula is C11H10FNO5. The number of carbonyl (C=O) groups is 3. The van der Waals surface area contributed by atoms with Gasteiger partial charge in [0.15, 0.2) is 0 Å². The van der Waals surface area contributed by atoms with Crippen LogP contribution in [0.25, 0.3) is 0 Å². The fraction of sp³-hybridized carbons (Fsp3) is 0.182. The SMILES string of the molecule is COC(=O)c1cc(NC(=O)CC(=O)O)ccc1F. The van der Waals surface area contributed by atoms with Crippen LogP contribution in [0.5, 0.6) is 0 Å². The Morgan fingerprint density at radius 2 is 2.06 bits per heavy atom. The number of carboxylic acids is 1. The Balaban J connectivity index is 2.88. The molecule has 0 atom stereocenters. The van der Waals surface area contributed by atoms with E-state index in [1.807, 2.05) is 0 Å². The fourth-order valence-corrected chi connectivity index (χ4v) is 1.21. The number of halogens is 1. The van der Waals surface area contributed by atoms with Crippen molar-refractivity contribution in [3.05, 3.63) is 29.6 Å². The molecule has 18 heavy (non-hydrogen) atoms. The van der Waals surface area contributed by atoms with Crippen LogP contribution in [-0.2, 0) is 14.3 Å². The van der Waals surface area contributed by atoms with Crippen molar-refractivity contribution in [2.24, 2.45) is 0 Å². The first-order valence-corrected chi connectivity index (χ1v) is 4.83. The van der Waals surface area contributed by atoms with E-state index in [0.717, 1.165) is 19.2 Å². The second-order valence-electron chi connectivity index (χ2n) is 3.30. The van der Waals surface area contributed by atoms with E-state index >= 15 is 0 Å². The van der Waals surface area contributed by atoms with Gasteiger partial charge in [0, 0.05) is 5.69 Å². The summed E-state index contributed by atoms with van der Waals surface area (Å²) >= 11 is 0. The molecule has 0 bridgehead atoms. The van der Waals surface area contributed by atoms with Gasteiger partial charge in [-0.15, -0.1) is 0 Å². The maximum Gasteiger partial charge on any atom is 0.340 e. The largest absolute Gasteiger partial charge is 0.481 e. The first kappa shape index (κ1) is 13.6. The third-order valence-corrected chi connectivity index (χ3v) is 1.97. The average Bonchev–Trinajstić information content (AvgIpc) is 2.29. The lowest BCUT2D eigenvalue weighted by molar-refractivity contribution is -0.139. The molecule has 1 rings (SSSR count). The van der Waals surface area contributed by atoms with Crippen LogP contribution in [0.4, 0.5) is 10.1 Å². The summed E-state index contributed by atoms with van der Waals surface area (Å²) in [7, 11) is 1.09. The smallest absolute Gasteiger partial charge is 0.340 e. The van der Waals surface area contributed by atoms with Crippen molar-refractivity contribution in [1.82, 2.24) is 0 Å². The molecule has 1 aromatic rings. The zero-order chi connectivity index (χ0) is 13.7. The number of carboxylic acid groups (broad SMARTS) is 1. The monoisotopic (exact) mass is 255 g/mol. The molecule has 7 heteroatoms. The van der Waals surface area contributed by atoms with E-state index in [0.29, 0.717) is 0 Å². The van der Waals surface area contributed by atoms with Crippen LogP contribution in [0.1, 0.15) is 16.8 Å². The highest BCUT2D eigenvalue weighted by Gasteiger charge is 2.14. The molecular weight excluding hydrogens is 245 g/mol. The highest BCUT2D eigenvalue weighted by atomic mass is 19.1. The van der Waals surface area contributed by atoms with E-state index in [2.05, 4.69) is 10.1 Å². The van der Waals surface area contributed by atoms with E-state index in [4.69, 9.17) is 5.11 Å². The van der Waals surface area contributed by atoms with Crippen LogP contribution in [0.2, 0.25) is 0 Å². The molecule has 0 unspecified atom stereocenters. The number of aliphatic carboxylic acids is 1. The molecule has 1 aromatic carbocycles. The number of ether oxygens (including phenoxy) is 1. The minimum Gasteiger partial charge on any atom is -0.481 e. The molecule has 0 aliphatic carbocycles. The van der Waals surface area contributed by atoms with Gasteiger partial charge in [-0.2, -0.15) is 0 Å². The number of hydrogen-bond acceptors (Lipinski definition) is 4. The third kappa shape index (κ3) is 3.55. The van der Waals surface area contributed by atoms with Gasteiger partial charge in [-0.25, -0.2) is 9.18 Å². The van der Waals surface area contributed by atoms with Gasteiger partial charge in [0.2, 0.25) is 5.91 Å². The molecule has 0 aliphatic heterocycles. The molecule has 0 spiro atoms. The van der Waals surface area contributed by atoms with Crippen LogP contribution in [0.3, 0.4) is 0 Å². The Labute approximate surface area is 101 Å². The van der Waals surface area contributed by atoms with Crippen molar-refractivity contribution in [2.45, 2.75) is 6.42 Å². The van der Waals surface area contributed by atoms with E-state index in [9.17, 15) is 18.8 Å². The van der Waals surface area contributed by atoms with E-state index in [-0.39, 0.29) is 11.3 Å². The van der Waals surface area contributed by atoms with Gasteiger partial charge in [0.25, 0.3) is 0 Å². The van der Waals surface area contributed by atoms with Crippen molar-refractivity contribution >= 4 is 23.5 Å². The minimum absolute atomic E-state index is 0.114. The van der Waals surface area contributed by atoms with Crippen molar-refractivity contribution in [2.75, 3.05) is 12.4 Å². The highest BCUT2D eigenvalue weighted by molar-refractivity contribution is 6.02. The van der Waals surface area contributed by atoms with Crippen molar-refractivity contribution < 1.29 is 28.6 Å². The zero-order valence-electron chi connectivity index (χ0n) is 9.40. The molecule has 0 saturated carbocycles. The molecule has 2 N–H and O–H groups in total. The fourth-order valence-electron chi connectivity index (χ4n) is 1.21. The number of benzene rings is 1. The lowest BCUT2D eigenvalue weighted by atomic mass is 10.2. The second-order valence-corrected chi connectivity index (χ2v) is 3.30. The number of amides is 1. The lowest BCUT2D eigenvalue weighted by Gasteiger charge is -2.06. The zero-order valence-corrected chi connectivity index (χ0v) is 9.40. The van der Waals surface area contributed by atoms with Gasteiger partial charge in [0.1, 0.15) is 12.2 Å². The average molecular weight is 255 g/mol. The first-order chi connectivity index (χ1) is 8.43. The topological polar surface area (TPSA) is 92.7 Å². The summed E-state index contributed by atoms with van der Waals surface area (Å²) < 4.78 is 17.6. The normalized spacial score (nSPS) is 9.67. The van der Waals surface area contributed by atoms with Gasteiger partial charge >= 0.3 is 11.9 Å². The van der Waals surface area contributed by atoms with E-state index < -0.39 is 30.1 Å². The Morgan fingerprint density at radius 1 is 1.39 bits per heavy atom.